The molecule has 5 rings (SSSR count). The summed E-state index contributed by atoms with van der Waals surface area (Å²) < 4.78 is 49.6. The van der Waals surface area contributed by atoms with Gasteiger partial charge in [0.2, 0.25) is 0 Å². The van der Waals surface area contributed by atoms with Crippen LogP contribution in [0.15, 0.2) is 0 Å². The van der Waals surface area contributed by atoms with Crippen molar-refractivity contribution in [2.24, 2.45) is 5.73 Å². The summed E-state index contributed by atoms with van der Waals surface area (Å²) in [6, 6.07) is -1.66. The van der Waals surface area contributed by atoms with Gasteiger partial charge in [0.25, 0.3) is 0 Å². The number of nitrogens with two attached hydrogens (primary N) is 1. The Balaban J connectivity index is 1.29. The summed E-state index contributed by atoms with van der Waals surface area (Å²) in [7, 11) is 0. The molecule has 26 nitrogen and oxygen atoms in total. The zero-order valence-corrected chi connectivity index (χ0v) is 29.4. The molecule has 0 bridgehead atoms. The third-order valence-corrected chi connectivity index (χ3v) is 10.4. The highest BCUT2D eigenvalue weighted by atomic mass is 16.8. The molecule has 328 valence electrons. The molecule has 26 heteroatoms. The first-order valence-electron chi connectivity index (χ1n) is 17.7. The molecule has 5 heterocycles. The topological polar surface area (TPSA) is 433 Å². The molecule has 0 unspecified atom stereocenters. The zero-order valence-electron chi connectivity index (χ0n) is 29.4. The predicted molar refractivity (Wildman–Crippen MR) is 168 cm³/mol. The Kier molecular flexibility index (Phi) is 16.1. The van der Waals surface area contributed by atoms with Crippen LogP contribution < -0.4 is 5.73 Å². The van der Waals surface area contributed by atoms with Crippen molar-refractivity contribution in [2.45, 2.75) is 153 Å². The van der Waals surface area contributed by atoms with Crippen LogP contribution in [-0.4, -0.2) is 268 Å². The Morgan fingerprint density at radius 2 is 0.679 bits per heavy atom. The van der Waals surface area contributed by atoms with Crippen LogP contribution in [-0.2, 0) is 42.6 Å². The van der Waals surface area contributed by atoms with E-state index in [1.54, 1.807) is 0 Å². The maximum atomic E-state index is 11.3. The highest BCUT2D eigenvalue weighted by molar-refractivity contribution is 4.99. The van der Waals surface area contributed by atoms with Crippen molar-refractivity contribution < 1.29 is 124 Å². The van der Waals surface area contributed by atoms with Gasteiger partial charge in [0.05, 0.1) is 39.1 Å². The van der Waals surface area contributed by atoms with Gasteiger partial charge >= 0.3 is 0 Å². The number of aliphatic hydroxyl groups excluding tert-OH is 16. The van der Waals surface area contributed by atoms with Crippen molar-refractivity contribution in [1.82, 2.24) is 0 Å². The first-order chi connectivity index (χ1) is 26.5. The third-order valence-electron chi connectivity index (χ3n) is 10.4. The van der Waals surface area contributed by atoms with Gasteiger partial charge in [0, 0.05) is 0 Å². The average Bonchev–Trinajstić information content (AvgIpc) is 3.19. The molecule has 18 N–H and O–H groups in total. The second kappa shape index (κ2) is 19.6. The summed E-state index contributed by atoms with van der Waals surface area (Å²) in [5.41, 5.74) is 6.22. The van der Waals surface area contributed by atoms with Crippen molar-refractivity contribution in [3.8, 4) is 0 Å². The molecular formula is C30H53NO25. The van der Waals surface area contributed by atoms with Crippen LogP contribution >= 0.6 is 0 Å². The van der Waals surface area contributed by atoms with Crippen molar-refractivity contribution in [2.75, 3.05) is 33.0 Å². The van der Waals surface area contributed by atoms with Crippen molar-refractivity contribution in [3.05, 3.63) is 0 Å². The van der Waals surface area contributed by atoms with Gasteiger partial charge in [-0.2, -0.15) is 0 Å². The van der Waals surface area contributed by atoms with E-state index in [-0.39, 0.29) is 0 Å². The summed E-state index contributed by atoms with van der Waals surface area (Å²) in [4.78, 5) is 0. The lowest BCUT2D eigenvalue weighted by atomic mass is 9.94. The molecule has 0 aliphatic carbocycles. The minimum absolute atomic E-state index is 0.827. The van der Waals surface area contributed by atoms with Crippen molar-refractivity contribution in [1.29, 1.82) is 0 Å². The summed E-state index contributed by atoms with van der Waals surface area (Å²) >= 11 is 0. The Morgan fingerprint density at radius 3 is 1.14 bits per heavy atom. The van der Waals surface area contributed by atoms with Crippen LogP contribution in [0.2, 0.25) is 0 Å². The van der Waals surface area contributed by atoms with Crippen molar-refractivity contribution >= 4 is 0 Å². The first-order valence-corrected chi connectivity index (χ1v) is 17.7. The molecule has 0 radical (unpaired) electrons. The molecule has 56 heavy (non-hydrogen) atoms. The smallest absolute Gasteiger partial charge is 0.187 e. The fraction of sp³-hybridized carbons (Fsp3) is 1.00. The minimum atomic E-state index is -2.04. The Hall–Kier alpha value is -1.04. The van der Waals surface area contributed by atoms with Crippen LogP contribution in [0.3, 0.4) is 0 Å². The summed E-state index contributed by atoms with van der Waals surface area (Å²) in [6.45, 7) is -4.42. The predicted octanol–water partition coefficient (Wildman–Crippen LogP) is -12.0. The fourth-order valence-electron chi connectivity index (χ4n) is 7.07. The van der Waals surface area contributed by atoms with Crippen LogP contribution in [0.25, 0.3) is 0 Å². The van der Waals surface area contributed by atoms with Crippen LogP contribution in [0.1, 0.15) is 0 Å². The molecule has 0 aromatic heterocycles. The molecule has 5 saturated heterocycles. The molecule has 5 fully saturated rings. The summed E-state index contributed by atoms with van der Waals surface area (Å²) in [5.74, 6) is 0. The van der Waals surface area contributed by atoms with Gasteiger partial charge in [0.15, 0.2) is 31.5 Å². The fourth-order valence-corrected chi connectivity index (χ4v) is 7.07. The number of ether oxygens (including phenoxy) is 9. The van der Waals surface area contributed by atoms with Gasteiger partial charge in [-0.25, -0.2) is 0 Å². The Bertz CT molecular complexity index is 1210. The van der Waals surface area contributed by atoms with Crippen molar-refractivity contribution in [3.63, 3.8) is 0 Å². The van der Waals surface area contributed by atoms with Gasteiger partial charge in [-0.1, -0.05) is 0 Å². The van der Waals surface area contributed by atoms with Gasteiger partial charge in [0.1, 0.15) is 116 Å². The maximum Gasteiger partial charge on any atom is 0.187 e. The standard InChI is InChI=1S/C30H53NO25/c31-11-15(40)22(53-29-21(46)25(14(39)8(3-34)50-29)56-28-19(44)16(41)12(37)6(1-32)49-28)10(5-36)52-27(11)55-24-13(38)7(2-33)51-30(20(24)45)54-23-9(4-35)48-26(47)18(43)17(23)42/h6-30,32-47H,1-5,31H2/t6-,7-,8-,9-,10-,11-,12+,13+,14+,15-,16+,17-,18-,19-,20-,21-,22-,23-,24+,25+,26-,27+,28-,29+,30+/m1/s1. The Morgan fingerprint density at radius 1 is 0.321 bits per heavy atom. The van der Waals surface area contributed by atoms with Crippen LogP contribution in [0.4, 0.5) is 0 Å². The molecule has 25 atom stereocenters. The van der Waals surface area contributed by atoms with E-state index in [1.165, 1.54) is 0 Å². The average molecular weight is 828 g/mol. The lowest BCUT2D eigenvalue weighted by Crippen LogP contribution is -2.69. The molecule has 0 spiro atoms. The quantitative estimate of drug-likeness (QED) is 0.0819. The number of hydrogen-bond donors (Lipinski definition) is 17. The van der Waals surface area contributed by atoms with E-state index in [0.29, 0.717) is 0 Å². The zero-order chi connectivity index (χ0) is 41.3. The Labute approximate surface area is 316 Å². The van der Waals surface area contributed by atoms with E-state index in [0.717, 1.165) is 0 Å². The molecule has 0 saturated carbocycles. The second-order valence-electron chi connectivity index (χ2n) is 14.0. The van der Waals surface area contributed by atoms with E-state index in [1.807, 2.05) is 0 Å². The first kappa shape index (κ1) is 46.0. The molecule has 0 amide bonds. The van der Waals surface area contributed by atoms with E-state index >= 15 is 0 Å². The second-order valence-corrected chi connectivity index (χ2v) is 14.0. The highest BCUT2D eigenvalue weighted by Gasteiger charge is 2.56. The normalized spacial score (nSPS) is 53.2. The SMILES string of the molecule is N[C@H]1[C@H](O[C@H]2[C@@H](O)[C@@H](CO)O[C@@H](O[C@H]3[C@H](O)[C@@H](O)[C@H](O)O[C@@H]3CO)[C@@H]2O)O[C@H](CO)[C@@H](O[C@@H]2O[C@H](CO)[C@H](O)[C@H](O[C@H]3O[C@H](CO)[C@H](O)[C@H](O)[C@H]3O)[C@H]2O)[C@@H]1O. The van der Waals surface area contributed by atoms with E-state index in [9.17, 15) is 81.7 Å². The summed E-state index contributed by atoms with van der Waals surface area (Å²) in [6.07, 6.45) is -43.1. The monoisotopic (exact) mass is 827 g/mol. The lowest BCUT2D eigenvalue weighted by molar-refractivity contribution is -0.385. The molecule has 5 aliphatic rings. The highest BCUT2D eigenvalue weighted by Crippen LogP contribution is 2.35. The van der Waals surface area contributed by atoms with Gasteiger partial charge in [-0.15, -0.1) is 0 Å². The summed E-state index contributed by atoms with van der Waals surface area (Å²) in [5, 5.41) is 166. The maximum absolute atomic E-state index is 11.3. The van der Waals surface area contributed by atoms with Gasteiger partial charge in [-0.05, 0) is 0 Å². The number of hydrogen-bond acceptors (Lipinski definition) is 26. The number of rotatable bonds is 13. The molecule has 0 aromatic carbocycles. The van der Waals surface area contributed by atoms with E-state index < -0.39 is 187 Å². The van der Waals surface area contributed by atoms with Gasteiger partial charge in [-0.3, -0.25) is 0 Å². The van der Waals surface area contributed by atoms with Gasteiger partial charge < -0.3 is 130 Å². The molecule has 0 aromatic rings. The van der Waals surface area contributed by atoms with E-state index in [2.05, 4.69) is 0 Å². The largest absolute Gasteiger partial charge is 0.394 e. The van der Waals surface area contributed by atoms with E-state index in [4.69, 9.17) is 48.4 Å². The molecule has 5 aliphatic heterocycles. The van der Waals surface area contributed by atoms with Crippen LogP contribution in [0, 0.1) is 0 Å². The lowest BCUT2D eigenvalue weighted by Gasteiger charge is -2.49. The third kappa shape index (κ3) is 9.16. The van der Waals surface area contributed by atoms with Crippen LogP contribution in [0.5, 0.6) is 0 Å². The minimum Gasteiger partial charge on any atom is -0.394 e. The number of aliphatic hydroxyl groups is 16. The molecular weight excluding hydrogens is 774 g/mol.